The van der Waals surface area contributed by atoms with Crippen LogP contribution < -0.4 is 5.32 Å². The smallest absolute Gasteiger partial charge is 0.0771 e. The molecule has 1 aromatic heterocycles. The van der Waals surface area contributed by atoms with E-state index in [-0.39, 0.29) is 0 Å². The minimum atomic E-state index is 0.366. The maximum absolute atomic E-state index is 5.60. The van der Waals surface area contributed by atoms with E-state index in [4.69, 9.17) is 4.74 Å². The van der Waals surface area contributed by atoms with Gasteiger partial charge < -0.3 is 10.1 Å². The van der Waals surface area contributed by atoms with E-state index in [9.17, 15) is 0 Å². The van der Waals surface area contributed by atoms with E-state index < -0.39 is 0 Å². The molecule has 1 aliphatic rings. The van der Waals surface area contributed by atoms with Gasteiger partial charge in [0.1, 0.15) is 0 Å². The topological polar surface area (TPSA) is 39.1 Å². The summed E-state index contributed by atoms with van der Waals surface area (Å²) in [6.07, 6.45) is 4.58. The average Bonchev–Trinajstić information content (AvgIpc) is 2.87. The summed E-state index contributed by atoms with van der Waals surface area (Å²) in [4.78, 5) is 0. The second-order valence-corrected chi connectivity index (χ2v) is 3.92. The van der Waals surface area contributed by atoms with E-state index in [1.54, 1.807) is 0 Å². The van der Waals surface area contributed by atoms with Crippen LogP contribution in [0.2, 0.25) is 0 Å². The summed E-state index contributed by atoms with van der Waals surface area (Å²) in [6, 6.07) is 2.07. The van der Waals surface area contributed by atoms with Gasteiger partial charge in [-0.2, -0.15) is 5.10 Å². The monoisotopic (exact) mass is 209 g/mol. The Balaban J connectivity index is 1.91. The van der Waals surface area contributed by atoms with Crippen molar-refractivity contribution in [1.82, 2.24) is 15.1 Å². The van der Waals surface area contributed by atoms with Gasteiger partial charge in [-0.15, -0.1) is 0 Å². The van der Waals surface area contributed by atoms with Gasteiger partial charge in [-0.1, -0.05) is 6.92 Å². The fourth-order valence-corrected chi connectivity index (χ4v) is 1.91. The zero-order chi connectivity index (χ0) is 10.5. The third kappa shape index (κ3) is 2.79. The van der Waals surface area contributed by atoms with E-state index in [0.717, 1.165) is 26.2 Å². The van der Waals surface area contributed by atoms with Crippen molar-refractivity contribution >= 4 is 0 Å². The van der Waals surface area contributed by atoms with Crippen LogP contribution in [0.15, 0.2) is 12.3 Å². The van der Waals surface area contributed by atoms with E-state index in [0.29, 0.717) is 6.10 Å². The largest absolute Gasteiger partial charge is 0.376 e. The van der Waals surface area contributed by atoms with Crippen molar-refractivity contribution < 1.29 is 4.74 Å². The molecule has 0 aliphatic carbocycles. The molecule has 1 atom stereocenters. The van der Waals surface area contributed by atoms with Crippen molar-refractivity contribution in [2.24, 2.45) is 0 Å². The molecular formula is C11H19N3O. The molecule has 1 fully saturated rings. The van der Waals surface area contributed by atoms with Crippen molar-refractivity contribution in [2.75, 3.05) is 13.2 Å². The Bertz CT molecular complexity index is 292. The lowest BCUT2D eigenvalue weighted by molar-refractivity contribution is 0.0931. The summed E-state index contributed by atoms with van der Waals surface area (Å²) in [5.41, 5.74) is 1.24. The first-order valence-corrected chi connectivity index (χ1v) is 5.73. The predicted molar refractivity (Wildman–Crippen MR) is 58.6 cm³/mol. The quantitative estimate of drug-likeness (QED) is 0.791. The van der Waals surface area contributed by atoms with E-state index in [1.807, 2.05) is 6.20 Å². The lowest BCUT2D eigenvalue weighted by Crippen LogP contribution is -2.21. The molecule has 0 spiro atoms. The van der Waals surface area contributed by atoms with E-state index >= 15 is 0 Å². The van der Waals surface area contributed by atoms with Crippen molar-refractivity contribution in [1.29, 1.82) is 0 Å². The lowest BCUT2D eigenvalue weighted by atomic mass is 10.2. The number of nitrogens with one attached hydrogen (secondary N) is 1. The molecule has 0 saturated carbocycles. The Kier molecular flexibility index (Phi) is 3.75. The maximum Gasteiger partial charge on any atom is 0.0771 e. The van der Waals surface area contributed by atoms with Gasteiger partial charge in [-0.05, 0) is 25.5 Å². The molecule has 0 aromatic carbocycles. The third-order valence-electron chi connectivity index (χ3n) is 2.76. The fraction of sp³-hybridized carbons (Fsp3) is 0.727. The standard InChI is InChI=1S/C11H19N3O/c1-2-12-8-10-5-6-13-14(10)9-11-4-3-7-15-11/h5-6,11-12H,2-4,7-9H2,1H3. The molecule has 4 nitrogen and oxygen atoms in total. The summed E-state index contributed by atoms with van der Waals surface area (Å²) in [7, 11) is 0. The SMILES string of the molecule is CCNCc1ccnn1CC1CCCO1. The normalized spacial score (nSPS) is 21.0. The summed E-state index contributed by atoms with van der Waals surface area (Å²) in [5.74, 6) is 0. The minimum Gasteiger partial charge on any atom is -0.376 e. The number of nitrogens with zero attached hydrogens (tertiary/aromatic N) is 2. The van der Waals surface area contributed by atoms with Gasteiger partial charge >= 0.3 is 0 Å². The van der Waals surface area contributed by atoms with Crippen LogP contribution in [0.5, 0.6) is 0 Å². The Morgan fingerprint density at radius 1 is 1.67 bits per heavy atom. The molecule has 4 heteroatoms. The zero-order valence-electron chi connectivity index (χ0n) is 9.28. The first-order chi connectivity index (χ1) is 7.40. The summed E-state index contributed by atoms with van der Waals surface area (Å²) >= 11 is 0. The second kappa shape index (κ2) is 5.28. The highest BCUT2D eigenvalue weighted by Gasteiger charge is 2.17. The molecule has 0 radical (unpaired) electrons. The predicted octanol–water partition coefficient (Wildman–Crippen LogP) is 1.17. The first-order valence-electron chi connectivity index (χ1n) is 5.73. The van der Waals surface area contributed by atoms with E-state index in [2.05, 4.69) is 28.1 Å². The summed E-state index contributed by atoms with van der Waals surface area (Å²) < 4.78 is 7.66. The third-order valence-corrected chi connectivity index (χ3v) is 2.76. The van der Waals surface area contributed by atoms with Gasteiger partial charge in [0.05, 0.1) is 18.3 Å². The molecule has 1 N–H and O–H groups in total. The number of hydrogen-bond donors (Lipinski definition) is 1. The second-order valence-electron chi connectivity index (χ2n) is 3.92. The minimum absolute atomic E-state index is 0.366. The van der Waals surface area contributed by atoms with Crippen molar-refractivity contribution in [3.05, 3.63) is 18.0 Å². The van der Waals surface area contributed by atoms with Crippen LogP contribution in [0.3, 0.4) is 0 Å². The average molecular weight is 209 g/mol. The number of ether oxygens (including phenoxy) is 1. The number of aromatic nitrogens is 2. The van der Waals surface area contributed by atoms with Crippen LogP contribution in [0.1, 0.15) is 25.5 Å². The maximum atomic E-state index is 5.60. The van der Waals surface area contributed by atoms with Crippen LogP contribution in [0.4, 0.5) is 0 Å². The highest BCUT2D eigenvalue weighted by atomic mass is 16.5. The summed E-state index contributed by atoms with van der Waals surface area (Å²) in [5, 5.41) is 7.64. The van der Waals surface area contributed by atoms with Crippen molar-refractivity contribution in [2.45, 2.75) is 39.0 Å². The molecule has 0 amide bonds. The van der Waals surface area contributed by atoms with Crippen molar-refractivity contribution in [3.63, 3.8) is 0 Å². The number of hydrogen-bond acceptors (Lipinski definition) is 3. The Hall–Kier alpha value is -0.870. The Morgan fingerprint density at radius 2 is 2.60 bits per heavy atom. The van der Waals surface area contributed by atoms with Gasteiger partial charge in [0.15, 0.2) is 0 Å². The van der Waals surface area contributed by atoms with E-state index in [1.165, 1.54) is 18.5 Å². The molecule has 1 saturated heterocycles. The van der Waals surface area contributed by atoms with Crippen LogP contribution in [0.25, 0.3) is 0 Å². The van der Waals surface area contributed by atoms with Crippen molar-refractivity contribution in [3.8, 4) is 0 Å². The van der Waals surface area contributed by atoms with Gasteiger partial charge in [-0.25, -0.2) is 0 Å². The van der Waals surface area contributed by atoms with Gasteiger partial charge in [-0.3, -0.25) is 4.68 Å². The molecule has 1 unspecified atom stereocenters. The van der Waals surface area contributed by atoms with Gasteiger partial charge in [0.2, 0.25) is 0 Å². The molecule has 1 aliphatic heterocycles. The van der Waals surface area contributed by atoms with Crippen LogP contribution in [0, 0.1) is 0 Å². The lowest BCUT2D eigenvalue weighted by Gasteiger charge is -2.12. The highest BCUT2D eigenvalue weighted by molar-refractivity contribution is 5.00. The fourth-order valence-electron chi connectivity index (χ4n) is 1.91. The molecule has 1 aromatic rings. The molecule has 84 valence electrons. The Morgan fingerprint density at radius 3 is 3.33 bits per heavy atom. The molecule has 2 heterocycles. The molecule has 2 rings (SSSR count). The zero-order valence-corrected chi connectivity index (χ0v) is 9.28. The van der Waals surface area contributed by atoms with Gasteiger partial charge in [0.25, 0.3) is 0 Å². The highest BCUT2D eigenvalue weighted by Crippen LogP contribution is 2.14. The van der Waals surface area contributed by atoms with Gasteiger partial charge in [0, 0.05) is 19.3 Å². The first kappa shape index (κ1) is 10.6. The van der Waals surface area contributed by atoms with Crippen LogP contribution in [-0.2, 0) is 17.8 Å². The summed E-state index contributed by atoms with van der Waals surface area (Å²) in [6.45, 7) is 5.80. The van der Waals surface area contributed by atoms with Crippen LogP contribution >= 0.6 is 0 Å². The molecular weight excluding hydrogens is 190 g/mol. The molecule has 15 heavy (non-hydrogen) atoms. The molecule has 0 bridgehead atoms. The number of rotatable bonds is 5. The van der Waals surface area contributed by atoms with Crippen LogP contribution in [-0.4, -0.2) is 29.0 Å². The Labute approximate surface area is 90.6 Å².